The van der Waals surface area contributed by atoms with E-state index >= 15 is 0 Å². The number of carbonyl (C=O) groups excluding carboxylic acids is 1. The van der Waals surface area contributed by atoms with Crippen LogP contribution in [0.25, 0.3) is 0 Å². The molecule has 5 nitrogen and oxygen atoms in total. The van der Waals surface area contributed by atoms with Gasteiger partial charge < -0.3 is 9.84 Å². The van der Waals surface area contributed by atoms with Crippen molar-refractivity contribution in [1.82, 2.24) is 9.78 Å². The molecule has 2 fully saturated rings. The summed E-state index contributed by atoms with van der Waals surface area (Å²) in [6.45, 7) is 4.77. The number of hydrogen-bond acceptors (Lipinski definition) is 4. The van der Waals surface area contributed by atoms with Crippen LogP contribution < -0.4 is 0 Å². The van der Waals surface area contributed by atoms with Crippen LogP contribution >= 0.6 is 0 Å². The second kappa shape index (κ2) is 4.94. The molecular formula is C18H24N2O3. The summed E-state index contributed by atoms with van der Waals surface area (Å²) < 4.78 is 7.46. The van der Waals surface area contributed by atoms with Gasteiger partial charge in [-0.05, 0) is 56.1 Å². The fraction of sp³-hybridized carbons (Fsp3) is 0.667. The Morgan fingerprint density at radius 2 is 2.26 bits per heavy atom. The summed E-state index contributed by atoms with van der Waals surface area (Å²) >= 11 is 0. The first kappa shape index (κ1) is 14.9. The lowest BCUT2D eigenvalue weighted by Crippen LogP contribution is -2.54. The van der Waals surface area contributed by atoms with Crippen LogP contribution in [0, 0.1) is 11.3 Å². The number of fused-ring (bicyclic) bond motifs is 3. The molecule has 2 heterocycles. The molecule has 1 N–H and O–H groups in total. The van der Waals surface area contributed by atoms with Crippen molar-refractivity contribution in [1.29, 1.82) is 0 Å². The molecule has 1 saturated carbocycles. The van der Waals surface area contributed by atoms with Crippen LogP contribution in [0.4, 0.5) is 0 Å². The molecule has 1 aliphatic heterocycles. The Kier molecular flexibility index (Phi) is 3.21. The summed E-state index contributed by atoms with van der Waals surface area (Å²) in [5, 5.41) is 15.6. The lowest BCUT2D eigenvalue weighted by molar-refractivity contribution is -0.144. The largest absolute Gasteiger partial charge is 0.454 e. The van der Waals surface area contributed by atoms with Gasteiger partial charge in [0.15, 0.2) is 6.10 Å². The molecule has 3 aliphatic rings. The second-order valence-electron chi connectivity index (χ2n) is 7.70. The molecule has 1 aromatic heterocycles. The number of carbonyl (C=O) groups is 1. The van der Waals surface area contributed by atoms with E-state index in [-0.39, 0.29) is 11.4 Å². The van der Waals surface area contributed by atoms with Gasteiger partial charge in [-0.15, -0.1) is 0 Å². The van der Waals surface area contributed by atoms with Crippen LogP contribution in [0.3, 0.4) is 0 Å². The lowest BCUT2D eigenvalue weighted by atomic mass is 9.58. The van der Waals surface area contributed by atoms with Gasteiger partial charge in [-0.25, -0.2) is 0 Å². The van der Waals surface area contributed by atoms with Gasteiger partial charge in [0, 0.05) is 12.4 Å². The van der Waals surface area contributed by atoms with Crippen molar-refractivity contribution in [2.24, 2.45) is 11.3 Å². The average Bonchev–Trinajstić information content (AvgIpc) is 3.09. The number of allylic oxidation sites excluding steroid dienone is 1. The number of esters is 1. The monoisotopic (exact) mass is 316 g/mol. The maximum Gasteiger partial charge on any atom is 0.314 e. The summed E-state index contributed by atoms with van der Waals surface area (Å²) in [5.41, 5.74) is 1.46. The molecule has 0 aromatic carbocycles. The van der Waals surface area contributed by atoms with Crippen molar-refractivity contribution in [3.8, 4) is 0 Å². The molecule has 4 rings (SSSR count). The minimum absolute atomic E-state index is 0.0695. The van der Waals surface area contributed by atoms with Crippen LogP contribution in [0.15, 0.2) is 29.6 Å². The quantitative estimate of drug-likeness (QED) is 0.672. The smallest absolute Gasteiger partial charge is 0.314 e. The van der Waals surface area contributed by atoms with E-state index in [4.69, 9.17) is 4.74 Å². The van der Waals surface area contributed by atoms with E-state index < -0.39 is 17.6 Å². The predicted octanol–water partition coefficient (Wildman–Crippen LogP) is 2.46. The Labute approximate surface area is 136 Å². The Balaban J connectivity index is 1.72. The maximum absolute atomic E-state index is 12.5. The first-order chi connectivity index (χ1) is 10.9. The first-order valence-corrected chi connectivity index (χ1v) is 8.54. The predicted molar refractivity (Wildman–Crippen MR) is 84.4 cm³/mol. The molecule has 0 bridgehead atoms. The van der Waals surface area contributed by atoms with E-state index in [1.807, 2.05) is 12.3 Å². The van der Waals surface area contributed by atoms with Crippen LogP contribution in [-0.2, 0) is 16.1 Å². The molecule has 124 valence electrons. The van der Waals surface area contributed by atoms with E-state index in [9.17, 15) is 9.90 Å². The molecule has 5 heteroatoms. The third-order valence-corrected chi connectivity index (χ3v) is 6.23. The zero-order valence-electron chi connectivity index (χ0n) is 13.8. The van der Waals surface area contributed by atoms with Gasteiger partial charge in [-0.2, -0.15) is 5.10 Å². The Hall–Kier alpha value is -1.62. The molecule has 23 heavy (non-hydrogen) atoms. The van der Waals surface area contributed by atoms with Gasteiger partial charge in [-0.3, -0.25) is 9.48 Å². The summed E-state index contributed by atoms with van der Waals surface area (Å²) in [5.74, 6) is -0.831. The molecule has 2 unspecified atom stereocenters. The maximum atomic E-state index is 12.5. The molecule has 4 atom stereocenters. The van der Waals surface area contributed by atoms with Crippen molar-refractivity contribution >= 4 is 5.97 Å². The topological polar surface area (TPSA) is 64.4 Å². The number of aliphatic hydroxyl groups is 1. The normalized spacial score (nSPS) is 39.9. The van der Waals surface area contributed by atoms with Crippen molar-refractivity contribution < 1.29 is 14.6 Å². The average molecular weight is 316 g/mol. The molecule has 0 spiro atoms. The Morgan fingerprint density at radius 1 is 1.43 bits per heavy atom. The van der Waals surface area contributed by atoms with Gasteiger partial charge >= 0.3 is 5.97 Å². The minimum Gasteiger partial charge on any atom is -0.454 e. The zero-order chi connectivity index (χ0) is 16.2. The summed E-state index contributed by atoms with van der Waals surface area (Å²) in [4.78, 5) is 12.5. The van der Waals surface area contributed by atoms with Crippen LogP contribution in [0.5, 0.6) is 0 Å². The molecule has 0 amide bonds. The minimum atomic E-state index is -1.10. The number of aromatic nitrogens is 2. The van der Waals surface area contributed by atoms with E-state index in [0.29, 0.717) is 13.0 Å². The third kappa shape index (κ3) is 2.09. The standard InChI is InChI=1S/C18H24N2O3/c1-12-5-3-6-17(2)7-8-18(22)13(11-20-10-4-9-19-20)16(21)23-15(18)14(12)17/h4,9-10,13,15,22H,3,5-8,11H2,1-2H3/t13?,15-,17+,18?/m0/s1. The SMILES string of the molecule is CC1=C2[C@@H]3OC(=O)C(Cn4cccn4)C3(O)CC[C@@]2(C)CCC1. The van der Waals surface area contributed by atoms with Crippen LogP contribution in [0.2, 0.25) is 0 Å². The zero-order valence-corrected chi connectivity index (χ0v) is 13.8. The van der Waals surface area contributed by atoms with Crippen molar-refractivity contribution in [3.63, 3.8) is 0 Å². The highest BCUT2D eigenvalue weighted by Crippen LogP contribution is 2.57. The summed E-state index contributed by atoms with van der Waals surface area (Å²) in [7, 11) is 0. The molecular weight excluding hydrogens is 292 g/mol. The number of rotatable bonds is 2. The van der Waals surface area contributed by atoms with Crippen molar-refractivity contribution in [2.75, 3.05) is 0 Å². The third-order valence-electron chi connectivity index (χ3n) is 6.23. The van der Waals surface area contributed by atoms with Gasteiger partial charge in [0.2, 0.25) is 0 Å². The summed E-state index contributed by atoms with van der Waals surface area (Å²) in [6.07, 6.45) is 7.90. The van der Waals surface area contributed by atoms with Gasteiger partial charge in [-0.1, -0.05) is 12.5 Å². The van der Waals surface area contributed by atoms with Crippen molar-refractivity contribution in [3.05, 3.63) is 29.6 Å². The highest BCUT2D eigenvalue weighted by molar-refractivity contribution is 5.78. The highest BCUT2D eigenvalue weighted by atomic mass is 16.6. The number of ether oxygens (including phenoxy) is 1. The lowest BCUT2D eigenvalue weighted by Gasteiger charge is -2.49. The van der Waals surface area contributed by atoms with Gasteiger partial charge in [0.25, 0.3) is 0 Å². The van der Waals surface area contributed by atoms with E-state index in [2.05, 4.69) is 18.9 Å². The number of nitrogens with zero attached hydrogens (tertiary/aromatic N) is 2. The van der Waals surface area contributed by atoms with Crippen molar-refractivity contribution in [2.45, 2.75) is 64.2 Å². The van der Waals surface area contributed by atoms with E-state index in [0.717, 1.165) is 19.3 Å². The van der Waals surface area contributed by atoms with Crippen LogP contribution in [-0.4, -0.2) is 32.6 Å². The van der Waals surface area contributed by atoms with E-state index in [1.165, 1.54) is 17.6 Å². The first-order valence-electron chi connectivity index (χ1n) is 8.54. The molecule has 0 radical (unpaired) electrons. The molecule has 2 aliphatic carbocycles. The second-order valence-corrected chi connectivity index (χ2v) is 7.70. The summed E-state index contributed by atoms with van der Waals surface area (Å²) in [6, 6.07) is 1.83. The fourth-order valence-corrected chi connectivity index (χ4v) is 4.93. The van der Waals surface area contributed by atoms with E-state index in [1.54, 1.807) is 10.9 Å². The Bertz CT molecular complexity index is 666. The Morgan fingerprint density at radius 3 is 3.00 bits per heavy atom. The fourth-order valence-electron chi connectivity index (χ4n) is 4.93. The van der Waals surface area contributed by atoms with Gasteiger partial charge in [0.1, 0.15) is 11.5 Å². The molecule has 1 aromatic rings. The number of hydrogen-bond donors (Lipinski definition) is 1. The van der Waals surface area contributed by atoms with Crippen LogP contribution in [0.1, 0.15) is 46.0 Å². The molecule has 1 saturated heterocycles. The highest BCUT2D eigenvalue weighted by Gasteiger charge is 2.63. The van der Waals surface area contributed by atoms with Gasteiger partial charge in [0.05, 0.1) is 6.54 Å².